The quantitative estimate of drug-likeness (QED) is 0.0615. The lowest BCUT2D eigenvalue weighted by Gasteiger charge is -2.36. The van der Waals surface area contributed by atoms with E-state index in [-0.39, 0.29) is 20.7 Å². The molecule has 2 aromatic carbocycles. The normalized spacial score (nSPS) is 12.4. The first-order valence-electron chi connectivity index (χ1n) is 14.4. The molecule has 12 heteroatoms. The molecule has 0 aliphatic carbocycles. The highest BCUT2D eigenvalue weighted by Crippen LogP contribution is 2.37. The van der Waals surface area contributed by atoms with Crippen LogP contribution in [0.3, 0.4) is 0 Å². The molecule has 8 nitrogen and oxygen atoms in total. The van der Waals surface area contributed by atoms with Gasteiger partial charge in [-0.05, 0) is 79.4 Å². The predicted octanol–water partition coefficient (Wildman–Crippen LogP) is 10.0. The van der Waals surface area contributed by atoms with Gasteiger partial charge in [0.1, 0.15) is 5.69 Å². The maximum atomic E-state index is 11.0. The summed E-state index contributed by atoms with van der Waals surface area (Å²) in [6.45, 7) is 25.4. The Morgan fingerprint density at radius 3 is 1.62 bits per heavy atom. The van der Waals surface area contributed by atoms with Crippen molar-refractivity contribution in [3.8, 4) is 0 Å². The highest BCUT2D eigenvalue weighted by Gasteiger charge is 2.37. The van der Waals surface area contributed by atoms with Crippen molar-refractivity contribution in [1.29, 1.82) is 0 Å². The van der Waals surface area contributed by atoms with Crippen LogP contribution in [-0.2, 0) is 8.85 Å². The van der Waals surface area contributed by atoms with Crippen molar-refractivity contribution in [2.45, 2.75) is 90.6 Å². The van der Waals surface area contributed by atoms with Crippen molar-refractivity contribution in [1.82, 2.24) is 0 Å². The summed E-state index contributed by atoms with van der Waals surface area (Å²) < 4.78 is 14.1. The number of nitrogen functional groups attached to an aromatic ring is 1. The first kappa shape index (κ1) is 38.6. The van der Waals surface area contributed by atoms with E-state index in [0.717, 1.165) is 46.3 Å². The molecule has 0 radical (unpaired) electrons. The first-order valence-corrected chi connectivity index (χ1v) is 21.8. The lowest BCUT2D eigenvalue weighted by atomic mass is 10.2. The van der Waals surface area contributed by atoms with Crippen LogP contribution in [0.5, 0.6) is 0 Å². The maximum Gasteiger partial charge on any atom is 0.292 e. The zero-order valence-corrected chi connectivity index (χ0v) is 32.3. The van der Waals surface area contributed by atoms with Crippen molar-refractivity contribution in [3.63, 3.8) is 0 Å². The van der Waals surface area contributed by atoms with Gasteiger partial charge in [0.15, 0.2) is 16.6 Å². The van der Waals surface area contributed by atoms with Crippen LogP contribution in [0.2, 0.25) is 36.3 Å². The molecule has 0 unspecified atom stereocenters. The lowest BCUT2D eigenvalue weighted by molar-refractivity contribution is -0.384. The molecular formula is C30H52Br2N4O4Si2. The second kappa shape index (κ2) is 16.6. The number of hydrogen-bond acceptors (Lipinski definition) is 7. The molecule has 0 spiro atoms. The molecule has 0 heterocycles. The molecule has 0 amide bonds. The van der Waals surface area contributed by atoms with Gasteiger partial charge in [0, 0.05) is 41.3 Å². The third-order valence-electron chi connectivity index (χ3n) is 7.98. The number of hydrogen-bond donors (Lipinski definition) is 3. The van der Waals surface area contributed by atoms with Gasteiger partial charge in [-0.25, -0.2) is 0 Å². The third kappa shape index (κ3) is 13.0. The zero-order chi connectivity index (χ0) is 32.4. The van der Waals surface area contributed by atoms with Gasteiger partial charge in [-0.1, -0.05) is 73.4 Å². The van der Waals surface area contributed by atoms with Gasteiger partial charge in [0.05, 0.1) is 16.3 Å². The van der Waals surface area contributed by atoms with Crippen molar-refractivity contribution in [3.05, 3.63) is 55.5 Å². The van der Waals surface area contributed by atoms with Crippen LogP contribution in [0.4, 0.5) is 22.7 Å². The zero-order valence-electron chi connectivity index (χ0n) is 27.1. The first-order chi connectivity index (χ1) is 19.2. The Morgan fingerprint density at radius 1 is 0.786 bits per heavy atom. The van der Waals surface area contributed by atoms with Crippen LogP contribution in [-0.4, -0.2) is 47.9 Å². The summed E-state index contributed by atoms with van der Waals surface area (Å²) in [6.07, 6.45) is 1.80. The Hall–Kier alpha value is -1.45. The van der Waals surface area contributed by atoms with Gasteiger partial charge in [-0.15, -0.1) is 0 Å². The molecule has 0 aliphatic rings. The smallest absolute Gasteiger partial charge is 0.292 e. The monoisotopic (exact) mass is 746 g/mol. The predicted molar refractivity (Wildman–Crippen MR) is 192 cm³/mol. The van der Waals surface area contributed by atoms with E-state index < -0.39 is 16.6 Å². The van der Waals surface area contributed by atoms with Crippen LogP contribution in [0, 0.1) is 10.1 Å². The second-order valence-corrected chi connectivity index (χ2v) is 24.9. The van der Waals surface area contributed by atoms with E-state index in [1.165, 1.54) is 6.07 Å². The molecular weight excluding hydrogens is 696 g/mol. The number of rotatable bonds is 13. The lowest BCUT2D eigenvalue weighted by Crippen LogP contribution is -2.41. The van der Waals surface area contributed by atoms with Gasteiger partial charge >= 0.3 is 0 Å². The summed E-state index contributed by atoms with van der Waals surface area (Å²) in [6, 6.07) is 10.7. The Balaban J connectivity index is 0.000000422. The minimum atomic E-state index is -1.72. The highest BCUT2D eigenvalue weighted by molar-refractivity contribution is 9.10. The SMILES string of the molecule is CC(C)(C)[Si](C)(C)OCCCNc1cc(Br)ccc1N.CC(C)(C)[Si](C)(C)OCCCNc1cc(Br)ccc1[N+](=O)[O-]. The fraction of sp³-hybridized carbons (Fsp3) is 0.600. The Morgan fingerprint density at radius 2 is 1.19 bits per heavy atom. The molecule has 0 aliphatic heterocycles. The van der Waals surface area contributed by atoms with E-state index in [4.69, 9.17) is 14.6 Å². The summed E-state index contributed by atoms with van der Waals surface area (Å²) in [7, 11) is -3.33. The molecule has 238 valence electrons. The molecule has 0 bridgehead atoms. The molecule has 2 rings (SSSR count). The van der Waals surface area contributed by atoms with E-state index in [9.17, 15) is 10.1 Å². The molecule has 0 saturated carbocycles. The van der Waals surface area contributed by atoms with Crippen molar-refractivity contribution < 1.29 is 13.8 Å². The number of nitrogens with one attached hydrogen (secondary N) is 2. The number of halogens is 2. The Bertz CT molecular complexity index is 1150. The summed E-state index contributed by atoms with van der Waals surface area (Å²) in [5, 5.41) is 17.9. The minimum absolute atomic E-state index is 0.0912. The number of nitro groups is 1. The highest BCUT2D eigenvalue weighted by atomic mass is 79.9. The molecule has 4 N–H and O–H groups in total. The minimum Gasteiger partial charge on any atom is -0.417 e. The average molecular weight is 749 g/mol. The van der Waals surface area contributed by atoms with E-state index >= 15 is 0 Å². The molecule has 2 aromatic rings. The number of nitrogens with zero attached hydrogens (tertiary/aromatic N) is 1. The van der Waals surface area contributed by atoms with Crippen molar-refractivity contribution in [2.75, 3.05) is 42.7 Å². The number of nitro benzene ring substituents is 1. The van der Waals surface area contributed by atoms with Gasteiger partial charge < -0.3 is 25.2 Å². The van der Waals surface area contributed by atoms with Crippen molar-refractivity contribution >= 4 is 71.2 Å². The maximum absolute atomic E-state index is 11.0. The van der Waals surface area contributed by atoms with E-state index in [1.54, 1.807) is 12.1 Å². The standard InChI is InChI=1S/C15H25BrN2O3Si.C15H27BrN2OSi/c1-15(2,3)22(4,5)21-10-6-9-17-13-11-12(16)7-8-14(13)18(19)20;1-15(2,3)20(4,5)19-10-6-9-18-14-11-12(16)7-8-13(14)17/h7-8,11,17H,6,9-10H2,1-5H3;7-8,11,18H,6,9-10,17H2,1-5H3. The second-order valence-electron chi connectivity index (χ2n) is 13.4. The van der Waals surface area contributed by atoms with Crippen LogP contribution in [0.1, 0.15) is 54.4 Å². The molecule has 0 aromatic heterocycles. The summed E-state index contributed by atoms with van der Waals surface area (Å²) in [4.78, 5) is 10.6. The third-order valence-corrected chi connectivity index (χ3v) is 18.0. The van der Waals surface area contributed by atoms with Crippen LogP contribution in [0.25, 0.3) is 0 Å². The summed E-state index contributed by atoms with van der Waals surface area (Å²) >= 11 is 6.79. The average Bonchev–Trinajstić information content (AvgIpc) is 2.84. The molecule has 0 fully saturated rings. The molecule has 0 saturated heterocycles. The van der Waals surface area contributed by atoms with Crippen molar-refractivity contribution in [2.24, 2.45) is 0 Å². The van der Waals surface area contributed by atoms with Crippen LogP contribution in [0.15, 0.2) is 45.3 Å². The fourth-order valence-corrected chi connectivity index (χ4v) is 6.07. The Kier molecular flexibility index (Phi) is 15.2. The Labute approximate surface area is 272 Å². The van der Waals surface area contributed by atoms with Crippen LogP contribution < -0.4 is 16.4 Å². The fourth-order valence-electron chi connectivity index (χ4n) is 3.17. The van der Waals surface area contributed by atoms with Gasteiger partial charge in [0.25, 0.3) is 5.69 Å². The number of nitrogens with two attached hydrogens (primary N) is 1. The van der Waals surface area contributed by atoms with Gasteiger partial charge in [-0.2, -0.15) is 0 Å². The summed E-state index contributed by atoms with van der Waals surface area (Å²) in [5.74, 6) is 0. The van der Waals surface area contributed by atoms with E-state index in [0.29, 0.717) is 18.8 Å². The molecule has 42 heavy (non-hydrogen) atoms. The van der Waals surface area contributed by atoms with E-state index in [2.05, 4.69) is 110 Å². The van der Waals surface area contributed by atoms with Crippen LogP contribution >= 0.6 is 31.9 Å². The van der Waals surface area contributed by atoms with E-state index in [1.807, 2.05) is 18.2 Å². The topological polar surface area (TPSA) is 112 Å². The van der Waals surface area contributed by atoms with Gasteiger partial charge in [-0.3, -0.25) is 10.1 Å². The van der Waals surface area contributed by atoms with Gasteiger partial charge in [0.2, 0.25) is 0 Å². The molecule has 0 atom stereocenters. The summed E-state index contributed by atoms with van der Waals surface area (Å²) in [5.41, 5.74) is 8.30. The number of benzene rings is 2. The number of anilines is 3. The largest absolute Gasteiger partial charge is 0.417 e.